The average Bonchev–Trinajstić information content (AvgIpc) is 3.53. The Morgan fingerprint density at radius 2 is 0.756 bits per heavy atom. The van der Waals surface area contributed by atoms with Crippen LogP contribution >= 0.6 is 0 Å². The Balaban J connectivity index is 0.000000481. The second-order valence-electron chi connectivity index (χ2n) is 9.06. The molecular formula is C40H57N. The number of hydrogen-bond acceptors (Lipinski definition) is 1. The first-order valence-electron chi connectivity index (χ1n) is 16.3. The molecule has 222 valence electrons. The van der Waals surface area contributed by atoms with E-state index in [1.54, 1.807) is 0 Å². The van der Waals surface area contributed by atoms with Gasteiger partial charge < -0.3 is 4.90 Å². The molecule has 0 atom stereocenters. The zero-order valence-electron chi connectivity index (χ0n) is 28.2. The van der Waals surface area contributed by atoms with Gasteiger partial charge in [-0.2, -0.15) is 0 Å². The van der Waals surface area contributed by atoms with Crippen molar-refractivity contribution in [3.63, 3.8) is 0 Å². The molecule has 0 bridgehead atoms. The van der Waals surface area contributed by atoms with Crippen molar-refractivity contribution in [2.24, 2.45) is 0 Å². The van der Waals surface area contributed by atoms with Gasteiger partial charge in [-0.1, -0.05) is 173 Å². The summed E-state index contributed by atoms with van der Waals surface area (Å²) in [5, 5.41) is 0. The van der Waals surface area contributed by atoms with Crippen LogP contribution in [-0.4, -0.2) is 24.5 Å². The highest BCUT2D eigenvalue weighted by molar-refractivity contribution is 5.94. The molecule has 0 N–H and O–H groups in total. The maximum absolute atomic E-state index is 2.38. The Kier molecular flexibility index (Phi) is 16.0. The molecule has 0 saturated heterocycles. The average molecular weight is 552 g/mol. The summed E-state index contributed by atoms with van der Waals surface area (Å²) in [6.07, 6.45) is 0. The van der Waals surface area contributed by atoms with Crippen LogP contribution in [0.3, 0.4) is 0 Å². The van der Waals surface area contributed by atoms with Crippen molar-refractivity contribution in [2.45, 2.75) is 88.5 Å². The third-order valence-corrected chi connectivity index (χ3v) is 7.49. The third kappa shape index (κ3) is 6.84. The molecule has 0 radical (unpaired) electrons. The number of hydrogen-bond donors (Lipinski definition) is 0. The number of benzene rings is 4. The molecule has 1 spiro atoms. The van der Waals surface area contributed by atoms with Crippen LogP contribution in [-0.2, 0) is 5.41 Å². The number of nitrogens with zero attached hydrogens (tertiary/aromatic N) is 1. The van der Waals surface area contributed by atoms with E-state index in [0.717, 1.165) is 0 Å². The SMILES string of the molecule is CC.CC.CC.CC.CCN(CC)CC.Cc1ccc2c(c1)-c1ccccc1C21c2ccccc2-c2ccccc21. The van der Waals surface area contributed by atoms with E-state index < -0.39 is 0 Å². The van der Waals surface area contributed by atoms with Crippen molar-refractivity contribution in [3.05, 3.63) is 119 Å². The lowest BCUT2D eigenvalue weighted by Crippen LogP contribution is -2.25. The second kappa shape index (κ2) is 18.3. The third-order valence-electron chi connectivity index (χ3n) is 7.49. The van der Waals surface area contributed by atoms with E-state index in [9.17, 15) is 0 Å². The topological polar surface area (TPSA) is 3.24 Å². The highest BCUT2D eigenvalue weighted by atomic mass is 15.1. The molecule has 0 heterocycles. The Morgan fingerprint density at radius 3 is 1.10 bits per heavy atom. The van der Waals surface area contributed by atoms with Crippen LogP contribution in [0.1, 0.15) is 104 Å². The van der Waals surface area contributed by atoms with Gasteiger partial charge in [-0.05, 0) is 71.1 Å². The largest absolute Gasteiger partial charge is 0.304 e. The Hall–Kier alpha value is -3.16. The molecule has 1 heteroatoms. The minimum absolute atomic E-state index is 0.188. The van der Waals surface area contributed by atoms with Gasteiger partial charge in [0.15, 0.2) is 0 Å². The second-order valence-corrected chi connectivity index (χ2v) is 9.06. The molecule has 2 aliphatic rings. The molecule has 1 nitrogen and oxygen atoms in total. The van der Waals surface area contributed by atoms with E-state index in [1.807, 2.05) is 55.4 Å². The maximum Gasteiger partial charge on any atom is 0.0725 e. The predicted molar refractivity (Wildman–Crippen MR) is 186 cm³/mol. The van der Waals surface area contributed by atoms with Crippen LogP contribution in [0.2, 0.25) is 0 Å². The lowest BCUT2D eigenvalue weighted by Gasteiger charge is -2.30. The van der Waals surface area contributed by atoms with Gasteiger partial charge >= 0.3 is 0 Å². The van der Waals surface area contributed by atoms with Crippen molar-refractivity contribution >= 4 is 0 Å². The molecule has 4 aromatic carbocycles. The van der Waals surface area contributed by atoms with E-state index in [2.05, 4.69) is 124 Å². The zero-order valence-corrected chi connectivity index (χ0v) is 28.2. The molecule has 41 heavy (non-hydrogen) atoms. The first kappa shape index (κ1) is 35.9. The van der Waals surface area contributed by atoms with Gasteiger partial charge in [-0.15, -0.1) is 0 Å². The monoisotopic (exact) mass is 551 g/mol. The van der Waals surface area contributed by atoms with Gasteiger partial charge in [0, 0.05) is 0 Å². The zero-order chi connectivity index (χ0) is 31.0. The molecule has 0 saturated carbocycles. The van der Waals surface area contributed by atoms with E-state index >= 15 is 0 Å². The fourth-order valence-corrected chi connectivity index (χ4v) is 5.88. The molecule has 2 aliphatic carbocycles. The van der Waals surface area contributed by atoms with Crippen LogP contribution in [0.5, 0.6) is 0 Å². The Bertz CT molecular complexity index is 1240. The van der Waals surface area contributed by atoms with E-state index in [4.69, 9.17) is 0 Å². The van der Waals surface area contributed by atoms with Crippen molar-refractivity contribution in [1.29, 1.82) is 0 Å². The molecule has 0 fully saturated rings. The normalized spacial score (nSPS) is 11.6. The lowest BCUT2D eigenvalue weighted by molar-refractivity contribution is 0.321. The number of fused-ring (bicyclic) bond motifs is 10. The summed E-state index contributed by atoms with van der Waals surface area (Å²) in [4.78, 5) is 2.38. The molecular weight excluding hydrogens is 494 g/mol. The molecule has 6 rings (SSSR count). The first-order valence-corrected chi connectivity index (χ1v) is 16.3. The quantitative estimate of drug-likeness (QED) is 0.211. The first-order chi connectivity index (χ1) is 20.2. The summed E-state index contributed by atoms with van der Waals surface area (Å²) < 4.78 is 0. The highest BCUT2D eigenvalue weighted by Crippen LogP contribution is 2.62. The lowest BCUT2D eigenvalue weighted by atomic mass is 9.70. The van der Waals surface area contributed by atoms with Crippen LogP contribution in [0.15, 0.2) is 91.0 Å². The van der Waals surface area contributed by atoms with Crippen LogP contribution < -0.4 is 0 Å². The van der Waals surface area contributed by atoms with E-state index in [1.165, 1.54) is 69.7 Å². The smallest absolute Gasteiger partial charge is 0.0725 e. The Morgan fingerprint density at radius 1 is 0.439 bits per heavy atom. The number of rotatable bonds is 3. The van der Waals surface area contributed by atoms with E-state index in [-0.39, 0.29) is 5.41 Å². The van der Waals surface area contributed by atoms with Gasteiger partial charge in [-0.3, -0.25) is 0 Å². The van der Waals surface area contributed by atoms with Crippen molar-refractivity contribution in [1.82, 2.24) is 4.90 Å². The highest BCUT2D eigenvalue weighted by Gasteiger charge is 2.51. The summed E-state index contributed by atoms with van der Waals surface area (Å²) in [6.45, 7) is 28.3. The fraction of sp³-hybridized carbons (Fsp3) is 0.400. The van der Waals surface area contributed by atoms with Crippen LogP contribution in [0, 0.1) is 6.92 Å². The molecule has 0 unspecified atom stereocenters. The van der Waals surface area contributed by atoms with Crippen LogP contribution in [0.4, 0.5) is 0 Å². The van der Waals surface area contributed by atoms with Gasteiger partial charge in [0.2, 0.25) is 0 Å². The minimum Gasteiger partial charge on any atom is -0.304 e. The van der Waals surface area contributed by atoms with Gasteiger partial charge in [-0.25, -0.2) is 0 Å². The summed E-state index contributed by atoms with van der Waals surface area (Å²) in [5.41, 5.74) is 12.3. The summed E-state index contributed by atoms with van der Waals surface area (Å²) in [6, 6.07) is 33.8. The Labute approximate surface area is 253 Å². The van der Waals surface area contributed by atoms with Crippen molar-refractivity contribution < 1.29 is 0 Å². The summed E-state index contributed by atoms with van der Waals surface area (Å²) in [5.74, 6) is 0. The standard InChI is InChI=1S/C26H18.C6H15N.4C2H6/c1-17-14-15-25-21(16-17)20-10-4-7-13-24(20)26(25)22-11-5-2-8-18(22)19-9-3-6-12-23(19)26;1-4-7(5-2)6-3;4*1-2/h2-16H,1H3;4-6H2,1-3H3;4*1-2H3. The number of aryl methyl sites for hydroxylation is 1. The van der Waals surface area contributed by atoms with Gasteiger partial charge in [0.1, 0.15) is 0 Å². The fourth-order valence-electron chi connectivity index (χ4n) is 5.88. The van der Waals surface area contributed by atoms with Gasteiger partial charge in [0.25, 0.3) is 0 Å². The van der Waals surface area contributed by atoms with Crippen molar-refractivity contribution in [2.75, 3.05) is 19.6 Å². The molecule has 0 aliphatic heterocycles. The van der Waals surface area contributed by atoms with Crippen LogP contribution in [0.25, 0.3) is 22.3 Å². The molecule has 0 aromatic heterocycles. The predicted octanol–water partition coefficient (Wildman–Crippen LogP) is 11.8. The molecule has 0 amide bonds. The van der Waals surface area contributed by atoms with E-state index in [0.29, 0.717) is 0 Å². The summed E-state index contributed by atoms with van der Waals surface area (Å²) >= 11 is 0. The molecule has 4 aromatic rings. The van der Waals surface area contributed by atoms with Crippen molar-refractivity contribution in [3.8, 4) is 22.3 Å². The maximum atomic E-state index is 2.38. The minimum atomic E-state index is -0.188. The summed E-state index contributed by atoms with van der Waals surface area (Å²) in [7, 11) is 0. The van der Waals surface area contributed by atoms with Gasteiger partial charge in [0.05, 0.1) is 5.41 Å².